The van der Waals surface area contributed by atoms with Crippen LogP contribution in [0, 0.1) is 0 Å². The first-order chi connectivity index (χ1) is 8.08. The molecule has 1 unspecified atom stereocenters. The van der Waals surface area contributed by atoms with Gasteiger partial charge >= 0.3 is 5.97 Å². The summed E-state index contributed by atoms with van der Waals surface area (Å²) >= 11 is 0. The van der Waals surface area contributed by atoms with Crippen LogP contribution in [-0.4, -0.2) is 17.2 Å². The van der Waals surface area contributed by atoms with Crippen molar-refractivity contribution in [1.82, 2.24) is 0 Å². The molecule has 88 valence electrons. The zero-order valence-electron chi connectivity index (χ0n) is 9.45. The van der Waals surface area contributed by atoms with Crippen molar-refractivity contribution in [2.75, 3.05) is 0 Å². The van der Waals surface area contributed by atoms with E-state index in [1.165, 1.54) is 6.07 Å². The van der Waals surface area contributed by atoms with Gasteiger partial charge in [-0.2, -0.15) is 0 Å². The fourth-order valence-corrected chi connectivity index (χ4v) is 2.32. The van der Waals surface area contributed by atoms with Gasteiger partial charge in [0.25, 0.3) is 0 Å². The zero-order valence-corrected chi connectivity index (χ0v) is 9.45. The molecule has 4 nitrogen and oxygen atoms in total. The minimum atomic E-state index is -0.459. The van der Waals surface area contributed by atoms with Gasteiger partial charge in [0, 0.05) is 23.6 Å². The largest absolute Gasteiger partial charge is 0.507 e. The van der Waals surface area contributed by atoms with Crippen molar-refractivity contribution in [3.63, 3.8) is 0 Å². The Balaban J connectivity index is 2.13. The van der Waals surface area contributed by atoms with E-state index in [-0.39, 0.29) is 24.0 Å². The van der Waals surface area contributed by atoms with E-state index in [9.17, 15) is 9.90 Å². The topological polar surface area (TPSA) is 55.8 Å². The summed E-state index contributed by atoms with van der Waals surface area (Å²) in [6, 6.07) is 1.49. The van der Waals surface area contributed by atoms with Crippen LogP contribution in [0.1, 0.15) is 28.4 Å². The fraction of sp³-hybridized carbons (Fsp3) is 0.308. The number of aromatic hydroxyl groups is 1. The number of hydrogen-bond donors (Lipinski definition) is 1. The molecule has 0 saturated carbocycles. The van der Waals surface area contributed by atoms with Gasteiger partial charge in [0.05, 0.1) is 0 Å². The smallest absolute Gasteiger partial charge is 0.342 e. The standard InChI is InChI=1S/C13H12O4/c1-6(2)10-3-7-8-5-16-13(15)12(8)9(14)4-11(7)17-10/h4,10,14H,1,3,5H2,2H3. The van der Waals surface area contributed by atoms with E-state index in [0.717, 1.165) is 16.7 Å². The first kappa shape index (κ1) is 10.2. The normalized spacial score (nSPS) is 20.5. The molecule has 4 heteroatoms. The number of phenolic OH excluding ortho intramolecular Hbond substituents is 1. The summed E-state index contributed by atoms with van der Waals surface area (Å²) in [4.78, 5) is 11.5. The maximum atomic E-state index is 11.5. The predicted molar refractivity (Wildman–Crippen MR) is 60.2 cm³/mol. The number of benzene rings is 1. The molecule has 1 aromatic rings. The van der Waals surface area contributed by atoms with E-state index < -0.39 is 5.97 Å². The first-order valence-corrected chi connectivity index (χ1v) is 5.45. The summed E-state index contributed by atoms with van der Waals surface area (Å²) < 4.78 is 10.6. The van der Waals surface area contributed by atoms with E-state index in [4.69, 9.17) is 9.47 Å². The van der Waals surface area contributed by atoms with Gasteiger partial charge in [0.1, 0.15) is 29.8 Å². The number of rotatable bonds is 1. The lowest BCUT2D eigenvalue weighted by atomic mass is 9.97. The summed E-state index contributed by atoms with van der Waals surface area (Å²) in [6.07, 6.45) is 0.607. The highest BCUT2D eigenvalue weighted by Crippen LogP contribution is 2.42. The van der Waals surface area contributed by atoms with E-state index in [2.05, 4.69) is 6.58 Å². The number of esters is 1. The Kier molecular flexibility index (Phi) is 1.96. The average Bonchev–Trinajstić information content (AvgIpc) is 2.82. The zero-order chi connectivity index (χ0) is 12.2. The minimum Gasteiger partial charge on any atom is -0.507 e. The molecule has 17 heavy (non-hydrogen) atoms. The molecule has 2 aliphatic rings. The Bertz CT molecular complexity index is 545. The summed E-state index contributed by atoms with van der Waals surface area (Å²) in [5.41, 5.74) is 2.93. The summed E-state index contributed by atoms with van der Waals surface area (Å²) in [6.45, 7) is 5.99. The molecule has 0 aromatic heterocycles. The molecule has 0 aliphatic carbocycles. The molecule has 0 radical (unpaired) electrons. The van der Waals surface area contributed by atoms with E-state index >= 15 is 0 Å². The van der Waals surface area contributed by atoms with Crippen LogP contribution in [-0.2, 0) is 17.8 Å². The number of cyclic esters (lactones) is 1. The van der Waals surface area contributed by atoms with Crippen LogP contribution >= 0.6 is 0 Å². The quantitative estimate of drug-likeness (QED) is 0.594. The van der Waals surface area contributed by atoms with Gasteiger partial charge in [0.2, 0.25) is 0 Å². The Labute approximate surface area is 98.5 Å². The Morgan fingerprint density at radius 3 is 3.00 bits per heavy atom. The molecule has 1 aromatic carbocycles. The molecule has 3 rings (SSSR count). The van der Waals surface area contributed by atoms with Gasteiger partial charge in [-0.15, -0.1) is 0 Å². The van der Waals surface area contributed by atoms with Crippen molar-refractivity contribution in [3.05, 3.63) is 34.9 Å². The molecule has 2 aliphatic heterocycles. The molecule has 0 amide bonds. The highest BCUT2D eigenvalue weighted by atomic mass is 16.5. The fourth-order valence-electron chi connectivity index (χ4n) is 2.32. The number of fused-ring (bicyclic) bond motifs is 3. The third-order valence-corrected chi connectivity index (χ3v) is 3.25. The summed E-state index contributed by atoms with van der Waals surface area (Å²) in [7, 11) is 0. The molecule has 2 heterocycles. The van der Waals surface area contributed by atoms with Crippen LogP contribution in [0.25, 0.3) is 0 Å². The molecule has 0 fully saturated rings. The van der Waals surface area contributed by atoms with Gasteiger partial charge in [-0.25, -0.2) is 4.79 Å². The summed E-state index contributed by atoms with van der Waals surface area (Å²) in [5, 5.41) is 9.79. The van der Waals surface area contributed by atoms with Gasteiger partial charge < -0.3 is 14.6 Å². The lowest BCUT2D eigenvalue weighted by Gasteiger charge is -2.09. The molecule has 1 N–H and O–H groups in total. The highest BCUT2D eigenvalue weighted by Gasteiger charge is 2.35. The van der Waals surface area contributed by atoms with Gasteiger partial charge in [0.15, 0.2) is 0 Å². The Hall–Kier alpha value is -1.97. The number of carbonyl (C=O) groups excluding carboxylic acids is 1. The van der Waals surface area contributed by atoms with Crippen LogP contribution < -0.4 is 4.74 Å². The van der Waals surface area contributed by atoms with Crippen LogP contribution in [0.15, 0.2) is 18.2 Å². The highest BCUT2D eigenvalue weighted by molar-refractivity contribution is 5.97. The maximum absolute atomic E-state index is 11.5. The van der Waals surface area contributed by atoms with Crippen molar-refractivity contribution < 1.29 is 19.4 Å². The average molecular weight is 232 g/mol. The Morgan fingerprint density at radius 1 is 1.53 bits per heavy atom. The first-order valence-electron chi connectivity index (χ1n) is 5.45. The van der Waals surface area contributed by atoms with Gasteiger partial charge in [-0.3, -0.25) is 0 Å². The number of hydrogen-bond acceptors (Lipinski definition) is 4. The van der Waals surface area contributed by atoms with Crippen LogP contribution in [0.3, 0.4) is 0 Å². The molecule has 0 bridgehead atoms. The third kappa shape index (κ3) is 1.33. The monoisotopic (exact) mass is 232 g/mol. The molecular formula is C13H12O4. The van der Waals surface area contributed by atoms with Crippen molar-refractivity contribution in [1.29, 1.82) is 0 Å². The predicted octanol–water partition coefficient (Wildman–Crippen LogP) is 1.94. The second-order valence-electron chi connectivity index (χ2n) is 4.46. The Morgan fingerprint density at radius 2 is 2.29 bits per heavy atom. The second-order valence-corrected chi connectivity index (χ2v) is 4.46. The summed E-state index contributed by atoms with van der Waals surface area (Å²) in [5.74, 6) is 0.107. The van der Waals surface area contributed by atoms with Crippen LogP contribution in [0.4, 0.5) is 0 Å². The lowest BCUT2D eigenvalue weighted by Crippen LogP contribution is -2.13. The third-order valence-electron chi connectivity index (χ3n) is 3.25. The van der Waals surface area contributed by atoms with Crippen molar-refractivity contribution in [3.8, 4) is 11.5 Å². The lowest BCUT2D eigenvalue weighted by molar-refractivity contribution is 0.0533. The number of ether oxygens (including phenoxy) is 2. The number of phenols is 1. The van der Waals surface area contributed by atoms with Crippen LogP contribution in [0.2, 0.25) is 0 Å². The van der Waals surface area contributed by atoms with E-state index in [1.807, 2.05) is 6.92 Å². The minimum absolute atomic E-state index is 0.0661. The SMILES string of the molecule is C=C(C)C1Cc2c(cc(O)c3c2COC3=O)O1. The molecule has 0 saturated heterocycles. The van der Waals surface area contributed by atoms with Gasteiger partial charge in [-0.05, 0) is 12.5 Å². The van der Waals surface area contributed by atoms with E-state index in [1.54, 1.807) is 0 Å². The molecule has 0 spiro atoms. The molecular weight excluding hydrogens is 220 g/mol. The number of carbonyl (C=O) groups is 1. The van der Waals surface area contributed by atoms with Crippen molar-refractivity contribution >= 4 is 5.97 Å². The maximum Gasteiger partial charge on any atom is 0.342 e. The van der Waals surface area contributed by atoms with Crippen molar-refractivity contribution in [2.45, 2.75) is 26.1 Å². The van der Waals surface area contributed by atoms with E-state index in [0.29, 0.717) is 12.2 Å². The van der Waals surface area contributed by atoms with Gasteiger partial charge in [-0.1, -0.05) is 6.58 Å². The second kappa shape index (κ2) is 3.26. The molecule has 1 atom stereocenters. The van der Waals surface area contributed by atoms with Crippen LogP contribution in [0.5, 0.6) is 11.5 Å². The van der Waals surface area contributed by atoms with Crippen molar-refractivity contribution in [2.24, 2.45) is 0 Å².